The maximum absolute atomic E-state index is 7.32. The summed E-state index contributed by atoms with van der Waals surface area (Å²) in [6.07, 6.45) is 0. The van der Waals surface area contributed by atoms with Gasteiger partial charge in [-0.25, -0.2) is 10.5 Å². The Morgan fingerprint density at radius 1 is 1.36 bits per heavy atom. The first-order valence-corrected chi connectivity index (χ1v) is 4.15. The lowest BCUT2D eigenvalue weighted by atomic mass is 10.4. The van der Waals surface area contributed by atoms with E-state index in [1.165, 1.54) is 22.6 Å². The van der Waals surface area contributed by atoms with Crippen LogP contribution in [0.1, 0.15) is 15.6 Å². The summed E-state index contributed by atoms with van der Waals surface area (Å²) in [6.45, 7) is 6.17. The van der Waals surface area contributed by atoms with Gasteiger partial charge in [0.2, 0.25) is 0 Å². The number of aryl methyl sites for hydroxylation is 3. The number of nitrogens with zero attached hydrogens (tertiary/aromatic N) is 1. The summed E-state index contributed by atoms with van der Waals surface area (Å²) in [5, 5.41) is 8.49. The summed E-state index contributed by atoms with van der Waals surface area (Å²) in [5.41, 5.74) is 2.92. The SMILES string of the molecule is CNO.Cc1nc(C)c(C)s1. The molecule has 64 valence electrons. The fourth-order valence-corrected chi connectivity index (χ4v) is 1.45. The Hall–Kier alpha value is -0.450. The van der Waals surface area contributed by atoms with E-state index in [2.05, 4.69) is 11.9 Å². The van der Waals surface area contributed by atoms with E-state index in [0.29, 0.717) is 0 Å². The lowest BCUT2D eigenvalue weighted by Gasteiger charge is -1.77. The molecule has 0 saturated carbocycles. The van der Waals surface area contributed by atoms with Gasteiger partial charge in [0.05, 0.1) is 10.7 Å². The van der Waals surface area contributed by atoms with Crippen molar-refractivity contribution in [3.8, 4) is 0 Å². The molecular weight excluding hydrogens is 160 g/mol. The van der Waals surface area contributed by atoms with Gasteiger partial charge in [-0.3, -0.25) is 0 Å². The van der Waals surface area contributed by atoms with Crippen molar-refractivity contribution in [3.05, 3.63) is 15.6 Å². The molecule has 11 heavy (non-hydrogen) atoms. The van der Waals surface area contributed by atoms with Gasteiger partial charge in [0.1, 0.15) is 0 Å². The van der Waals surface area contributed by atoms with Crippen LogP contribution in [-0.4, -0.2) is 17.2 Å². The number of hydroxylamine groups is 1. The first-order valence-electron chi connectivity index (χ1n) is 3.33. The molecule has 4 heteroatoms. The number of rotatable bonds is 0. The molecule has 0 radical (unpaired) electrons. The van der Waals surface area contributed by atoms with E-state index >= 15 is 0 Å². The van der Waals surface area contributed by atoms with Gasteiger partial charge in [0.25, 0.3) is 0 Å². The Kier molecular flexibility index (Phi) is 5.02. The van der Waals surface area contributed by atoms with E-state index in [0.717, 1.165) is 0 Å². The zero-order chi connectivity index (χ0) is 8.85. The van der Waals surface area contributed by atoms with Crippen LogP contribution < -0.4 is 5.48 Å². The first-order chi connectivity index (χ1) is 5.11. The van der Waals surface area contributed by atoms with Crippen LogP contribution in [0.5, 0.6) is 0 Å². The molecule has 0 aliphatic rings. The predicted octanol–water partition coefficient (Wildman–Crippen LogP) is 1.66. The topological polar surface area (TPSA) is 45.1 Å². The van der Waals surface area contributed by atoms with Crippen molar-refractivity contribution in [2.75, 3.05) is 7.05 Å². The molecule has 3 nitrogen and oxygen atoms in total. The Balaban J connectivity index is 0.000000292. The van der Waals surface area contributed by atoms with E-state index < -0.39 is 0 Å². The van der Waals surface area contributed by atoms with Crippen LogP contribution in [0.25, 0.3) is 0 Å². The number of hydrogen-bond acceptors (Lipinski definition) is 4. The Labute approximate surface area is 71.1 Å². The van der Waals surface area contributed by atoms with Gasteiger partial charge in [-0.15, -0.1) is 11.3 Å². The summed E-state index contributed by atoms with van der Waals surface area (Å²) >= 11 is 1.76. The quantitative estimate of drug-likeness (QED) is 0.588. The third kappa shape index (κ3) is 4.08. The number of hydrogen-bond donors (Lipinski definition) is 2. The van der Waals surface area contributed by atoms with Crippen molar-refractivity contribution in [3.63, 3.8) is 0 Å². The van der Waals surface area contributed by atoms with E-state index in [9.17, 15) is 0 Å². The van der Waals surface area contributed by atoms with Gasteiger partial charge in [0.15, 0.2) is 0 Å². The molecule has 1 rings (SSSR count). The van der Waals surface area contributed by atoms with Crippen LogP contribution >= 0.6 is 11.3 Å². The van der Waals surface area contributed by atoms with Crippen LogP contribution in [-0.2, 0) is 0 Å². The number of thiazole rings is 1. The molecule has 0 fully saturated rings. The zero-order valence-electron chi connectivity index (χ0n) is 7.30. The van der Waals surface area contributed by atoms with Crippen molar-refractivity contribution >= 4 is 11.3 Å². The zero-order valence-corrected chi connectivity index (χ0v) is 8.12. The highest BCUT2D eigenvalue weighted by Gasteiger charge is 1.95. The Morgan fingerprint density at radius 3 is 1.91 bits per heavy atom. The fraction of sp³-hybridized carbons (Fsp3) is 0.571. The maximum Gasteiger partial charge on any atom is 0.0899 e. The highest BCUT2D eigenvalue weighted by atomic mass is 32.1. The molecule has 1 aromatic rings. The summed E-state index contributed by atoms with van der Waals surface area (Å²) in [4.78, 5) is 5.56. The average Bonchev–Trinajstić information content (AvgIpc) is 2.12. The van der Waals surface area contributed by atoms with Gasteiger partial charge in [0, 0.05) is 11.9 Å². The molecule has 1 aromatic heterocycles. The Bertz CT molecular complexity index is 191. The monoisotopic (exact) mass is 174 g/mol. The van der Waals surface area contributed by atoms with Crippen LogP contribution in [0.4, 0.5) is 0 Å². The summed E-state index contributed by atoms with van der Waals surface area (Å²) < 4.78 is 0. The van der Waals surface area contributed by atoms with Crippen molar-refractivity contribution in [1.82, 2.24) is 10.5 Å². The molecule has 2 N–H and O–H groups in total. The first kappa shape index (κ1) is 10.6. The second kappa shape index (κ2) is 5.23. The van der Waals surface area contributed by atoms with Gasteiger partial charge in [-0.1, -0.05) is 0 Å². The number of nitrogens with one attached hydrogen (secondary N) is 1. The smallest absolute Gasteiger partial charge is 0.0899 e. The van der Waals surface area contributed by atoms with Gasteiger partial charge < -0.3 is 5.21 Å². The van der Waals surface area contributed by atoms with Crippen LogP contribution in [0.15, 0.2) is 0 Å². The van der Waals surface area contributed by atoms with Gasteiger partial charge >= 0.3 is 0 Å². The maximum atomic E-state index is 7.32. The normalized spacial score (nSPS) is 8.82. The molecule has 0 aromatic carbocycles. The van der Waals surface area contributed by atoms with Crippen LogP contribution in [0.3, 0.4) is 0 Å². The molecule has 0 atom stereocenters. The molecule has 0 amide bonds. The lowest BCUT2D eigenvalue weighted by molar-refractivity contribution is 0.194. The fourth-order valence-electron chi connectivity index (χ4n) is 0.633. The Morgan fingerprint density at radius 2 is 1.82 bits per heavy atom. The molecule has 0 saturated heterocycles. The van der Waals surface area contributed by atoms with Crippen LogP contribution in [0, 0.1) is 20.8 Å². The molecule has 0 aliphatic heterocycles. The van der Waals surface area contributed by atoms with E-state index in [1.807, 2.05) is 13.8 Å². The molecule has 0 spiro atoms. The lowest BCUT2D eigenvalue weighted by Crippen LogP contribution is -1.91. The summed E-state index contributed by atoms with van der Waals surface area (Å²) in [6, 6.07) is 0. The number of aromatic nitrogens is 1. The summed E-state index contributed by atoms with van der Waals surface area (Å²) in [7, 11) is 1.43. The van der Waals surface area contributed by atoms with Crippen molar-refractivity contribution in [2.24, 2.45) is 0 Å². The highest BCUT2D eigenvalue weighted by Crippen LogP contribution is 2.14. The van der Waals surface area contributed by atoms with E-state index in [1.54, 1.807) is 16.8 Å². The predicted molar refractivity (Wildman–Crippen MR) is 47.2 cm³/mol. The van der Waals surface area contributed by atoms with E-state index in [4.69, 9.17) is 5.21 Å². The second-order valence-electron chi connectivity index (χ2n) is 2.10. The third-order valence-electron chi connectivity index (χ3n) is 1.14. The molecule has 0 unspecified atom stereocenters. The van der Waals surface area contributed by atoms with Crippen molar-refractivity contribution in [2.45, 2.75) is 20.8 Å². The standard InChI is InChI=1S/C6H9NS.CH5NO/c1-4-5(2)8-6(3)7-4;1-2-3/h1-3H3;2-3H,1H3. The average molecular weight is 174 g/mol. The van der Waals surface area contributed by atoms with Gasteiger partial charge in [-0.05, 0) is 20.8 Å². The summed E-state index contributed by atoms with van der Waals surface area (Å²) in [5.74, 6) is 0. The third-order valence-corrected chi connectivity index (χ3v) is 2.12. The van der Waals surface area contributed by atoms with E-state index in [-0.39, 0.29) is 0 Å². The van der Waals surface area contributed by atoms with Gasteiger partial charge in [-0.2, -0.15) is 0 Å². The molecule has 0 aliphatic carbocycles. The van der Waals surface area contributed by atoms with Crippen LogP contribution in [0.2, 0.25) is 0 Å². The molecule has 0 bridgehead atoms. The molecule has 1 heterocycles. The minimum atomic E-state index is 1.17. The second-order valence-corrected chi connectivity index (χ2v) is 3.51. The highest BCUT2D eigenvalue weighted by molar-refractivity contribution is 7.11. The largest absolute Gasteiger partial charge is 0.317 e. The minimum Gasteiger partial charge on any atom is -0.317 e. The minimum absolute atomic E-state index is 1.17. The van der Waals surface area contributed by atoms with Crippen molar-refractivity contribution in [1.29, 1.82) is 0 Å². The van der Waals surface area contributed by atoms with Crippen molar-refractivity contribution < 1.29 is 5.21 Å². The molecular formula is C7H14N2OS.